The molecule has 5 rings (SSSR count). The van der Waals surface area contributed by atoms with Gasteiger partial charge in [-0.25, -0.2) is 0 Å². The summed E-state index contributed by atoms with van der Waals surface area (Å²) < 4.78 is 8.87. The van der Waals surface area contributed by atoms with Gasteiger partial charge in [0.2, 0.25) is 0 Å². The first kappa shape index (κ1) is 20.0. The van der Waals surface area contributed by atoms with Gasteiger partial charge in [-0.05, 0) is 78.3 Å². The number of nitrogens with zero attached hydrogens (tertiary/aromatic N) is 2. The van der Waals surface area contributed by atoms with Gasteiger partial charge in [0, 0.05) is 20.9 Å². The Morgan fingerprint density at radius 2 is 1.85 bits per heavy atom. The van der Waals surface area contributed by atoms with Crippen molar-refractivity contribution >= 4 is 41.2 Å². The van der Waals surface area contributed by atoms with Gasteiger partial charge in [0.15, 0.2) is 4.80 Å². The van der Waals surface area contributed by atoms with Crippen molar-refractivity contribution in [3.05, 3.63) is 14.8 Å². The Kier molecular flexibility index (Phi) is 5.60. The van der Waals surface area contributed by atoms with Crippen LogP contribution in [0.3, 0.4) is 0 Å². The van der Waals surface area contributed by atoms with Crippen molar-refractivity contribution in [1.29, 1.82) is 0 Å². The normalized spacial score (nSPS) is 33.0. The molecule has 0 radical (unpaired) electrons. The molecular formula is C20H31BrN2O2SSi. The molecule has 0 aromatic carbocycles. The van der Waals surface area contributed by atoms with Crippen molar-refractivity contribution in [2.24, 2.45) is 28.2 Å². The number of rotatable bonds is 6. The first-order valence-electron chi connectivity index (χ1n) is 10.3. The molecule has 0 unspecified atom stereocenters. The lowest BCUT2D eigenvalue weighted by Gasteiger charge is -2.55. The molecule has 0 atom stereocenters. The Morgan fingerprint density at radius 3 is 2.41 bits per heavy atom. The molecule has 4 aliphatic carbocycles. The van der Waals surface area contributed by atoms with Gasteiger partial charge in [-0.15, -0.1) is 0 Å². The van der Waals surface area contributed by atoms with Crippen LogP contribution >= 0.6 is 27.3 Å². The largest absolute Gasteiger partial charge is 0.361 e. The Morgan fingerprint density at radius 1 is 1.26 bits per heavy atom. The van der Waals surface area contributed by atoms with Gasteiger partial charge in [0.25, 0.3) is 5.91 Å². The Balaban J connectivity index is 1.48. The predicted molar refractivity (Wildman–Crippen MR) is 115 cm³/mol. The Bertz CT molecular complexity index is 744. The molecular weight excluding hydrogens is 440 g/mol. The molecule has 4 bridgehead atoms. The zero-order valence-electron chi connectivity index (χ0n) is 16.7. The number of ether oxygens (including phenoxy) is 1. The zero-order valence-corrected chi connectivity index (χ0v) is 20.1. The van der Waals surface area contributed by atoms with E-state index in [1.54, 1.807) is 0 Å². The van der Waals surface area contributed by atoms with Crippen LogP contribution in [0.25, 0.3) is 0 Å². The maximum absolute atomic E-state index is 13.3. The summed E-state index contributed by atoms with van der Waals surface area (Å²) in [6.45, 7) is 8.32. The minimum absolute atomic E-state index is 0.131. The maximum atomic E-state index is 13.3. The third-order valence-electron chi connectivity index (χ3n) is 6.61. The summed E-state index contributed by atoms with van der Waals surface area (Å²) in [7, 11) is -1.09. The van der Waals surface area contributed by atoms with Crippen LogP contribution in [0.2, 0.25) is 25.7 Å². The third kappa shape index (κ3) is 4.51. The fourth-order valence-corrected chi connectivity index (χ4v) is 7.79. The van der Waals surface area contributed by atoms with Crippen LogP contribution in [0.1, 0.15) is 38.5 Å². The van der Waals surface area contributed by atoms with Gasteiger partial charge in [0.1, 0.15) is 6.73 Å². The van der Waals surface area contributed by atoms with Crippen molar-refractivity contribution in [3.63, 3.8) is 0 Å². The fraction of sp³-hybridized carbons (Fsp3) is 0.800. The lowest BCUT2D eigenvalue weighted by Crippen LogP contribution is -2.49. The lowest BCUT2D eigenvalue weighted by atomic mass is 9.49. The van der Waals surface area contributed by atoms with Crippen LogP contribution in [0.5, 0.6) is 0 Å². The van der Waals surface area contributed by atoms with Gasteiger partial charge in [-0.3, -0.25) is 9.36 Å². The van der Waals surface area contributed by atoms with E-state index >= 15 is 0 Å². The summed E-state index contributed by atoms with van der Waals surface area (Å²) in [4.78, 5) is 18.7. The van der Waals surface area contributed by atoms with Crippen LogP contribution in [0.15, 0.2) is 15.0 Å². The average molecular weight is 472 g/mol. The molecule has 150 valence electrons. The molecule has 4 aliphatic rings. The highest BCUT2D eigenvalue weighted by Crippen LogP contribution is 2.60. The van der Waals surface area contributed by atoms with Crippen molar-refractivity contribution in [3.8, 4) is 0 Å². The smallest absolute Gasteiger partial charge is 0.254 e. The third-order valence-corrected chi connectivity index (χ3v) is 9.81. The van der Waals surface area contributed by atoms with Gasteiger partial charge in [0.05, 0.1) is 9.20 Å². The van der Waals surface area contributed by atoms with Gasteiger partial charge in [-0.1, -0.05) is 31.0 Å². The molecule has 1 aromatic heterocycles. The molecule has 0 saturated heterocycles. The molecule has 7 heteroatoms. The molecule has 0 spiro atoms. The number of hydrogen-bond acceptors (Lipinski definition) is 3. The number of hydrogen-bond donors (Lipinski definition) is 0. The van der Waals surface area contributed by atoms with E-state index in [4.69, 9.17) is 4.74 Å². The summed E-state index contributed by atoms with van der Waals surface area (Å²) in [5, 5.41) is 0. The summed E-state index contributed by atoms with van der Waals surface area (Å²) in [5.41, 5.74) is -0.165. The number of halogens is 1. The number of aromatic nitrogens is 1. The molecule has 0 N–H and O–H groups in total. The molecule has 27 heavy (non-hydrogen) atoms. The Hall–Kier alpha value is -0.243. The minimum Gasteiger partial charge on any atom is -0.361 e. The molecule has 4 nitrogen and oxygen atoms in total. The topological polar surface area (TPSA) is 43.6 Å². The quantitative estimate of drug-likeness (QED) is 0.419. The van der Waals surface area contributed by atoms with E-state index in [0.717, 1.165) is 58.3 Å². The first-order valence-corrected chi connectivity index (χ1v) is 15.6. The second kappa shape index (κ2) is 7.54. The highest BCUT2D eigenvalue weighted by atomic mass is 79.9. The molecule has 0 aliphatic heterocycles. The van der Waals surface area contributed by atoms with Crippen molar-refractivity contribution < 1.29 is 9.53 Å². The van der Waals surface area contributed by atoms with Crippen LogP contribution in [-0.2, 0) is 16.3 Å². The highest BCUT2D eigenvalue weighted by Gasteiger charge is 2.54. The van der Waals surface area contributed by atoms with Crippen molar-refractivity contribution in [1.82, 2.24) is 4.57 Å². The fourth-order valence-electron chi connectivity index (χ4n) is 5.65. The monoisotopic (exact) mass is 470 g/mol. The van der Waals surface area contributed by atoms with E-state index in [1.165, 1.54) is 30.6 Å². The number of carbonyl (C=O) groups is 1. The standard InChI is InChI=1S/C20H31BrN2O2SSi/c1-27(2,3)5-4-25-13-23-12-17(21)26-19(23)22-18(24)20-9-14-6-15(10-20)8-16(7-14)11-20/h12,14-16H,4-11,13H2,1-3H3. The van der Waals surface area contributed by atoms with Crippen LogP contribution < -0.4 is 4.80 Å². The van der Waals surface area contributed by atoms with E-state index in [2.05, 4.69) is 40.6 Å². The molecule has 1 amide bonds. The number of carbonyl (C=O) groups excluding carboxylic acids is 1. The summed E-state index contributed by atoms with van der Waals surface area (Å²) in [6.07, 6.45) is 9.25. The second-order valence-electron chi connectivity index (χ2n) is 10.3. The average Bonchev–Trinajstić information content (AvgIpc) is 2.89. The molecule has 4 fully saturated rings. The van der Waals surface area contributed by atoms with Crippen LogP contribution in [0, 0.1) is 23.2 Å². The second-order valence-corrected chi connectivity index (χ2v) is 18.3. The van der Waals surface area contributed by atoms with Crippen molar-refractivity contribution in [2.45, 2.75) is 70.9 Å². The minimum atomic E-state index is -1.09. The maximum Gasteiger partial charge on any atom is 0.254 e. The number of thiazole rings is 1. The predicted octanol–water partition coefficient (Wildman–Crippen LogP) is 5.27. The van der Waals surface area contributed by atoms with E-state index in [-0.39, 0.29) is 11.3 Å². The summed E-state index contributed by atoms with van der Waals surface area (Å²) in [6, 6.07) is 1.15. The van der Waals surface area contributed by atoms with Gasteiger partial charge >= 0.3 is 0 Å². The molecule has 1 aromatic rings. The van der Waals surface area contributed by atoms with E-state index in [9.17, 15) is 4.79 Å². The van der Waals surface area contributed by atoms with E-state index < -0.39 is 8.07 Å². The van der Waals surface area contributed by atoms with Crippen molar-refractivity contribution in [2.75, 3.05) is 6.61 Å². The summed E-state index contributed by atoms with van der Waals surface area (Å²) in [5.74, 6) is 2.43. The molecule has 4 saturated carbocycles. The van der Waals surface area contributed by atoms with E-state index in [1.807, 2.05) is 10.8 Å². The SMILES string of the molecule is C[Si](C)(C)CCOCn1cc(Br)sc1=NC(=O)C12CC3CC(CC(C3)C1)C2. The van der Waals surface area contributed by atoms with Gasteiger partial charge in [-0.2, -0.15) is 4.99 Å². The van der Waals surface area contributed by atoms with Crippen LogP contribution in [-0.4, -0.2) is 25.2 Å². The van der Waals surface area contributed by atoms with E-state index in [0.29, 0.717) is 6.73 Å². The van der Waals surface area contributed by atoms with Gasteiger partial charge < -0.3 is 4.74 Å². The number of amides is 1. The van der Waals surface area contributed by atoms with Crippen LogP contribution in [0.4, 0.5) is 0 Å². The lowest BCUT2D eigenvalue weighted by molar-refractivity contribution is -0.142. The zero-order chi connectivity index (χ0) is 19.2. The summed E-state index contributed by atoms with van der Waals surface area (Å²) >= 11 is 5.09. The first-order chi connectivity index (χ1) is 12.7. The Labute approximate surface area is 175 Å². The highest BCUT2D eigenvalue weighted by molar-refractivity contribution is 9.11. The molecule has 1 heterocycles.